The molecule has 1 aromatic rings. The monoisotopic (exact) mass is 248 g/mol. The van der Waals surface area contributed by atoms with Crippen LogP contribution in [-0.4, -0.2) is 25.6 Å². The molecular formula is C14H20N2O2. The maximum atomic E-state index is 12.2. The summed E-state index contributed by atoms with van der Waals surface area (Å²) < 4.78 is 5.55. The Hall–Kier alpha value is -1.55. The normalized spacial score (nSPS) is 19.6. The molecule has 2 atom stereocenters. The Kier molecular flexibility index (Phi) is 4.20. The average molecular weight is 248 g/mol. The Morgan fingerprint density at radius 3 is 3.11 bits per heavy atom. The standard InChI is InChI=1S/C14H20N2O2/c1-10(8-15)9-16-14(17)12-6-7-18-13-5-3-2-4-11(12)13/h2-5,10,12H,6-9,15H2,1H3,(H,16,17). The molecule has 0 spiro atoms. The van der Waals surface area contributed by atoms with E-state index in [1.807, 2.05) is 31.2 Å². The molecule has 0 aromatic heterocycles. The number of carbonyl (C=O) groups excluding carboxylic acids is 1. The number of ether oxygens (including phenoxy) is 1. The van der Waals surface area contributed by atoms with Gasteiger partial charge >= 0.3 is 0 Å². The predicted molar refractivity (Wildman–Crippen MR) is 70.5 cm³/mol. The summed E-state index contributed by atoms with van der Waals surface area (Å²) in [4.78, 5) is 12.2. The van der Waals surface area contributed by atoms with Gasteiger partial charge in [0, 0.05) is 12.1 Å². The van der Waals surface area contributed by atoms with E-state index in [-0.39, 0.29) is 11.8 Å². The molecule has 0 fully saturated rings. The van der Waals surface area contributed by atoms with Crippen LogP contribution in [0, 0.1) is 5.92 Å². The van der Waals surface area contributed by atoms with Crippen molar-refractivity contribution >= 4 is 5.91 Å². The number of nitrogens with two attached hydrogens (primary N) is 1. The van der Waals surface area contributed by atoms with Crippen molar-refractivity contribution in [3.8, 4) is 5.75 Å². The highest BCUT2D eigenvalue weighted by Gasteiger charge is 2.27. The third-order valence-corrected chi connectivity index (χ3v) is 3.30. The minimum atomic E-state index is -0.0973. The van der Waals surface area contributed by atoms with Crippen LogP contribution in [0.3, 0.4) is 0 Å². The van der Waals surface area contributed by atoms with E-state index < -0.39 is 0 Å². The number of rotatable bonds is 4. The summed E-state index contributed by atoms with van der Waals surface area (Å²) in [5.74, 6) is 1.12. The summed E-state index contributed by atoms with van der Waals surface area (Å²) in [5, 5.41) is 2.97. The highest BCUT2D eigenvalue weighted by molar-refractivity contribution is 5.84. The van der Waals surface area contributed by atoms with Crippen LogP contribution in [0.25, 0.3) is 0 Å². The van der Waals surface area contributed by atoms with Gasteiger partial charge in [0.25, 0.3) is 0 Å². The zero-order chi connectivity index (χ0) is 13.0. The first-order valence-electron chi connectivity index (χ1n) is 6.42. The van der Waals surface area contributed by atoms with Gasteiger partial charge in [0.15, 0.2) is 0 Å². The van der Waals surface area contributed by atoms with Crippen LogP contribution < -0.4 is 15.8 Å². The molecule has 3 N–H and O–H groups in total. The molecule has 1 amide bonds. The molecule has 4 nitrogen and oxygen atoms in total. The molecule has 2 rings (SSSR count). The van der Waals surface area contributed by atoms with E-state index in [0.29, 0.717) is 25.6 Å². The molecule has 1 aliphatic rings. The van der Waals surface area contributed by atoms with Crippen molar-refractivity contribution in [2.45, 2.75) is 19.3 Å². The summed E-state index contributed by atoms with van der Waals surface area (Å²) in [5.41, 5.74) is 6.53. The van der Waals surface area contributed by atoms with Crippen LogP contribution in [0.15, 0.2) is 24.3 Å². The minimum Gasteiger partial charge on any atom is -0.493 e. The molecule has 1 aliphatic heterocycles. The molecular weight excluding hydrogens is 228 g/mol. The summed E-state index contributed by atoms with van der Waals surface area (Å²) in [6.45, 7) is 3.85. The quantitative estimate of drug-likeness (QED) is 0.843. The number of hydrogen-bond donors (Lipinski definition) is 2. The van der Waals surface area contributed by atoms with Crippen molar-refractivity contribution in [2.24, 2.45) is 11.7 Å². The fraction of sp³-hybridized carbons (Fsp3) is 0.500. The molecule has 0 bridgehead atoms. The van der Waals surface area contributed by atoms with E-state index in [1.54, 1.807) is 0 Å². The lowest BCUT2D eigenvalue weighted by molar-refractivity contribution is -0.123. The van der Waals surface area contributed by atoms with Crippen LogP contribution in [0.4, 0.5) is 0 Å². The number of fused-ring (bicyclic) bond motifs is 1. The van der Waals surface area contributed by atoms with Gasteiger partial charge in [-0.2, -0.15) is 0 Å². The molecule has 4 heteroatoms. The van der Waals surface area contributed by atoms with Crippen molar-refractivity contribution in [3.63, 3.8) is 0 Å². The number of benzene rings is 1. The number of amides is 1. The third-order valence-electron chi connectivity index (χ3n) is 3.30. The molecule has 98 valence electrons. The van der Waals surface area contributed by atoms with Gasteiger partial charge in [0.1, 0.15) is 5.75 Å². The second-order valence-corrected chi connectivity index (χ2v) is 4.81. The average Bonchev–Trinajstić information content (AvgIpc) is 2.43. The van der Waals surface area contributed by atoms with Gasteiger partial charge in [-0.15, -0.1) is 0 Å². The van der Waals surface area contributed by atoms with Crippen molar-refractivity contribution in [1.82, 2.24) is 5.32 Å². The lowest BCUT2D eigenvalue weighted by Crippen LogP contribution is -2.36. The molecule has 0 saturated carbocycles. The predicted octanol–water partition coefficient (Wildman–Crippen LogP) is 1.26. The fourth-order valence-corrected chi connectivity index (χ4v) is 2.10. The van der Waals surface area contributed by atoms with Crippen LogP contribution in [0.2, 0.25) is 0 Å². The summed E-state index contributed by atoms with van der Waals surface area (Å²) in [7, 11) is 0. The molecule has 0 saturated heterocycles. The van der Waals surface area contributed by atoms with Crippen molar-refractivity contribution < 1.29 is 9.53 Å². The zero-order valence-corrected chi connectivity index (χ0v) is 10.7. The first-order valence-corrected chi connectivity index (χ1v) is 6.42. The second kappa shape index (κ2) is 5.87. The van der Waals surface area contributed by atoms with Gasteiger partial charge in [-0.25, -0.2) is 0 Å². The zero-order valence-electron chi connectivity index (χ0n) is 10.7. The van der Waals surface area contributed by atoms with Gasteiger partial charge < -0.3 is 15.8 Å². The Morgan fingerprint density at radius 1 is 1.56 bits per heavy atom. The van der Waals surface area contributed by atoms with E-state index >= 15 is 0 Å². The van der Waals surface area contributed by atoms with E-state index in [9.17, 15) is 4.79 Å². The Bertz CT molecular complexity index is 420. The largest absolute Gasteiger partial charge is 0.493 e. The molecule has 1 aromatic carbocycles. The Labute approximate surface area is 108 Å². The van der Waals surface area contributed by atoms with Crippen molar-refractivity contribution in [2.75, 3.05) is 19.7 Å². The second-order valence-electron chi connectivity index (χ2n) is 4.81. The minimum absolute atomic E-state index is 0.0750. The van der Waals surface area contributed by atoms with Crippen LogP contribution in [-0.2, 0) is 4.79 Å². The number of nitrogens with one attached hydrogen (secondary N) is 1. The van der Waals surface area contributed by atoms with Crippen LogP contribution in [0.1, 0.15) is 24.8 Å². The van der Waals surface area contributed by atoms with Crippen molar-refractivity contribution in [3.05, 3.63) is 29.8 Å². The first kappa shape index (κ1) is 12.9. The van der Waals surface area contributed by atoms with E-state index in [2.05, 4.69) is 5.32 Å². The molecule has 0 aliphatic carbocycles. The SMILES string of the molecule is CC(CN)CNC(=O)C1CCOc2ccccc21. The lowest BCUT2D eigenvalue weighted by atomic mass is 9.92. The van der Waals surface area contributed by atoms with Gasteiger partial charge in [-0.05, 0) is 24.9 Å². The van der Waals surface area contributed by atoms with Crippen LogP contribution >= 0.6 is 0 Å². The highest BCUT2D eigenvalue weighted by atomic mass is 16.5. The molecule has 18 heavy (non-hydrogen) atoms. The molecule has 0 radical (unpaired) electrons. The highest BCUT2D eigenvalue weighted by Crippen LogP contribution is 2.33. The number of para-hydroxylation sites is 1. The van der Waals surface area contributed by atoms with Gasteiger partial charge in [-0.1, -0.05) is 25.1 Å². The topological polar surface area (TPSA) is 64.3 Å². The fourth-order valence-electron chi connectivity index (χ4n) is 2.10. The summed E-state index contributed by atoms with van der Waals surface area (Å²) in [6, 6.07) is 7.74. The number of hydrogen-bond acceptors (Lipinski definition) is 3. The van der Waals surface area contributed by atoms with E-state index in [0.717, 1.165) is 17.7 Å². The number of carbonyl (C=O) groups is 1. The molecule has 2 unspecified atom stereocenters. The maximum absolute atomic E-state index is 12.2. The smallest absolute Gasteiger partial charge is 0.227 e. The lowest BCUT2D eigenvalue weighted by Gasteiger charge is -2.25. The Morgan fingerprint density at radius 2 is 2.33 bits per heavy atom. The Balaban J connectivity index is 2.04. The first-order chi connectivity index (χ1) is 8.72. The van der Waals surface area contributed by atoms with Gasteiger partial charge in [0.2, 0.25) is 5.91 Å². The van der Waals surface area contributed by atoms with Gasteiger partial charge in [-0.3, -0.25) is 4.79 Å². The van der Waals surface area contributed by atoms with Gasteiger partial charge in [0.05, 0.1) is 12.5 Å². The van der Waals surface area contributed by atoms with E-state index in [4.69, 9.17) is 10.5 Å². The van der Waals surface area contributed by atoms with Crippen molar-refractivity contribution in [1.29, 1.82) is 0 Å². The third kappa shape index (κ3) is 2.82. The summed E-state index contributed by atoms with van der Waals surface area (Å²) >= 11 is 0. The maximum Gasteiger partial charge on any atom is 0.227 e. The summed E-state index contributed by atoms with van der Waals surface area (Å²) in [6.07, 6.45) is 0.736. The van der Waals surface area contributed by atoms with E-state index in [1.165, 1.54) is 0 Å². The molecule has 1 heterocycles. The van der Waals surface area contributed by atoms with Crippen LogP contribution in [0.5, 0.6) is 5.75 Å².